The zero-order chi connectivity index (χ0) is 20.4. The van der Waals surface area contributed by atoms with Crippen molar-refractivity contribution in [2.24, 2.45) is 52.3 Å². The molecule has 4 fully saturated rings. The fourth-order valence-corrected chi connectivity index (χ4v) is 8.67. The van der Waals surface area contributed by atoms with Crippen molar-refractivity contribution in [2.75, 3.05) is 0 Å². The number of rotatable bonds is 3. The normalized spacial score (nSPS) is 51.8. The van der Waals surface area contributed by atoms with Crippen LogP contribution in [0.2, 0.25) is 0 Å². The summed E-state index contributed by atoms with van der Waals surface area (Å²) < 4.78 is 0. The van der Waals surface area contributed by atoms with Gasteiger partial charge in [-0.15, -0.1) is 0 Å². The second kappa shape index (κ2) is 6.82. The largest absolute Gasteiger partial charge is 0.481 e. The van der Waals surface area contributed by atoms with Gasteiger partial charge < -0.3 is 10.2 Å². The van der Waals surface area contributed by atoms with Gasteiger partial charge in [0, 0.05) is 11.8 Å². The molecular weight excluding hydrogens is 352 g/mol. The van der Waals surface area contributed by atoms with E-state index in [1.54, 1.807) is 0 Å². The van der Waals surface area contributed by atoms with Gasteiger partial charge in [-0.1, -0.05) is 27.7 Å². The minimum atomic E-state index is -0.691. The molecule has 0 aromatic rings. The van der Waals surface area contributed by atoms with Crippen molar-refractivity contribution in [3.63, 3.8) is 0 Å². The smallest absolute Gasteiger partial charge is 0.306 e. The third-order valence-corrected chi connectivity index (χ3v) is 10.2. The lowest BCUT2D eigenvalue weighted by molar-refractivity contribution is -0.174. The molecule has 0 spiro atoms. The number of ketones is 1. The summed E-state index contributed by atoms with van der Waals surface area (Å²) in [5.74, 6) is 0.844. The number of aliphatic hydroxyl groups is 1. The highest BCUT2D eigenvalue weighted by atomic mass is 16.4. The number of aliphatic hydroxyl groups excluding tert-OH is 1. The summed E-state index contributed by atoms with van der Waals surface area (Å²) in [6.45, 7) is 8.70. The number of hydrogen-bond donors (Lipinski definition) is 2. The van der Waals surface area contributed by atoms with Crippen LogP contribution in [-0.4, -0.2) is 28.1 Å². The molecule has 0 aliphatic heterocycles. The van der Waals surface area contributed by atoms with Crippen LogP contribution in [0.1, 0.15) is 79.1 Å². The van der Waals surface area contributed by atoms with E-state index in [2.05, 4.69) is 20.8 Å². The SMILES string of the molecule is CC[C@H]1C(=O)[C@@H]2[C@H](CC[C@]3(C)[C@@H]([C@H](C)C(=O)O)CC[C@@H]23)[C@@]2(C)CC[C@@H](O)C[C@@H]12. The maximum Gasteiger partial charge on any atom is 0.306 e. The molecule has 0 heterocycles. The first-order chi connectivity index (χ1) is 13.1. The number of carboxylic acids is 1. The van der Waals surface area contributed by atoms with Crippen LogP contribution in [0.25, 0.3) is 0 Å². The molecule has 10 atom stereocenters. The van der Waals surface area contributed by atoms with Crippen LogP contribution in [0.15, 0.2) is 0 Å². The topological polar surface area (TPSA) is 74.6 Å². The molecule has 4 nitrogen and oxygen atoms in total. The van der Waals surface area contributed by atoms with Crippen LogP contribution >= 0.6 is 0 Å². The van der Waals surface area contributed by atoms with Crippen LogP contribution in [0.4, 0.5) is 0 Å². The highest BCUT2D eigenvalue weighted by molar-refractivity contribution is 5.86. The van der Waals surface area contributed by atoms with E-state index < -0.39 is 5.97 Å². The van der Waals surface area contributed by atoms with E-state index in [0.717, 1.165) is 51.4 Å². The van der Waals surface area contributed by atoms with Crippen LogP contribution in [0, 0.1) is 52.3 Å². The molecule has 4 aliphatic rings. The summed E-state index contributed by atoms with van der Waals surface area (Å²) in [7, 11) is 0. The van der Waals surface area contributed by atoms with Crippen molar-refractivity contribution in [2.45, 2.75) is 85.2 Å². The zero-order valence-corrected chi connectivity index (χ0v) is 18.0. The van der Waals surface area contributed by atoms with E-state index >= 15 is 0 Å². The van der Waals surface area contributed by atoms with E-state index in [0.29, 0.717) is 23.5 Å². The number of carbonyl (C=O) groups excluding carboxylic acids is 1. The summed E-state index contributed by atoms with van der Waals surface area (Å²) >= 11 is 0. The molecule has 0 amide bonds. The first-order valence-electron chi connectivity index (χ1n) is 11.6. The maximum atomic E-state index is 13.8. The molecule has 0 aromatic carbocycles. The molecule has 0 aromatic heterocycles. The molecule has 4 rings (SSSR count). The number of hydrogen-bond acceptors (Lipinski definition) is 3. The Kier molecular flexibility index (Phi) is 4.96. The van der Waals surface area contributed by atoms with Gasteiger partial charge in [0.05, 0.1) is 12.0 Å². The number of aliphatic carboxylic acids is 1. The van der Waals surface area contributed by atoms with Crippen molar-refractivity contribution in [3.8, 4) is 0 Å². The van der Waals surface area contributed by atoms with Gasteiger partial charge in [-0.3, -0.25) is 9.59 Å². The second-order valence-electron chi connectivity index (χ2n) is 11.1. The Morgan fingerprint density at radius 1 is 1.07 bits per heavy atom. The molecule has 4 heteroatoms. The lowest BCUT2D eigenvalue weighted by atomic mass is 9.42. The zero-order valence-electron chi connectivity index (χ0n) is 18.0. The summed E-state index contributed by atoms with van der Waals surface area (Å²) in [5, 5.41) is 20.0. The van der Waals surface area contributed by atoms with Crippen molar-refractivity contribution < 1.29 is 19.8 Å². The quantitative estimate of drug-likeness (QED) is 0.742. The van der Waals surface area contributed by atoms with Crippen molar-refractivity contribution in [3.05, 3.63) is 0 Å². The Balaban J connectivity index is 1.71. The molecule has 0 radical (unpaired) electrons. The van der Waals surface area contributed by atoms with E-state index in [1.807, 2.05) is 6.92 Å². The molecular formula is C24H38O4. The van der Waals surface area contributed by atoms with E-state index in [1.165, 1.54) is 0 Å². The predicted molar refractivity (Wildman–Crippen MR) is 108 cm³/mol. The number of fused-ring (bicyclic) bond motifs is 5. The summed E-state index contributed by atoms with van der Waals surface area (Å²) in [4.78, 5) is 25.5. The number of carboxylic acid groups (broad SMARTS) is 1. The molecule has 4 saturated carbocycles. The van der Waals surface area contributed by atoms with Gasteiger partial charge in [0.25, 0.3) is 0 Å². The Morgan fingerprint density at radius 3 is 2.36 bits per heavy atom. The van der Waals surface area contributed by atoms with Gasteiger partial charge in [-0.2, -0.15) is 0 Å². The van der Waals surface area contributed by atoms with Gasteiger partial charge in [0.15, 0.2) is 0 Å². The Labute approximate surface area is 169 Å². The minimum Gasteiger partial charge on any atom is -0.481 e. The van der Waals surface area contributed by atoms with E-state index in [9.17, 15) is 19.8 Å². The average molecular weight is 391 g/mol. The third kappa shape index (κ3) is 2.66. The first kappa shape index (κ1) is 20.4. The Bertz CT molecular complexity index is 659. The monoisotopic (exact) mass is 390 g/mol. The number of carbonyl (C=O) groups is 2. The van der Waals surface area contributed by atoms with Gasteiger partial charge in [0.2, 0.25) is 0 Å². The molecule has 28 heavy (non-hydrogen) atoms. The van der Waals surface area contributed by atoms with E-state index in [4.69, 9.17) is 0 Å². The fraction of sp³-hybridized carbons (Fsp3) is 0.917. The predicted octanol–water partition coefficient (Wildman–Crippen LogP) is 4.54. The summed E-state index contributed by atoms with van der Waals surface area (Å²) in [6.07, 6.45) is 7.34. The van der Waals surface area contributed by atoms with E-state index in [-0.39, 0.29) is 40.6 Å². The Hall–Kier alpha value is -0.900. The fourth-order valence-electron chi connectivity index (χ4n) is 8.67. The van der Waals surface area contributed by atoms with Gasteiger partial charge in [-0.25, -0.2) is 0 Å². The van der Waals surface area contributed by atoms with Gasteiger partial charge in [0.1, 0.15) is 5.78 Å². The van der Waals surface area contributed by atoms with Crippen LogP contribution in [-0.2, 0) is 9.59 Å². The van der Waals surface area contributed by atoms with Crippen molar-refractivity contribution in [1.29, 1.82) is 0 Å². The Morgan fingerprint density at radius 2 is 1.71 bits per heavy atom. The molecule has 158 valence electrons. The molecule has 0 bridgehead atoms. The van der Waals surface area contributed by atoms with Crippen LogP contribution < -0.4 is 0 Å². The van der Waals surface area contributed by atoms with Gasteiger partial charge in [-0.05, 0) is 85.9 Å². The first-order valence-corrected chi connectivity index (χ1v) is 11.6. The average Bonchev–Trinajstić information content (AvgIpc) is 3.00. The summed E-state index contributed by atoms with van der Waals surface area (Å²) in [6, 6.07) is 0. The summed E-state index contributed by atoms with van der Waals surface area (Å²) in [5.41, 5.74) is 0.126. The minimum absolute atomic E-state index is 0.0235. The van der Waals surface area contributed by atoms with Crippen LogP contribution in [0.5, 0.6) is 0 Å². The molecule has 0 unspecified atom stereocenters. The van der Waals surface area contributed by atoms with Crippen molar-refractivity contribution >= 4 is 11.8 Å². The molecule has 4 aliphatic carbocycles. The van der Waals surface area contributed by atoms with Crippen LogP contribution in [0.3, 0.4) is 0 Å². The third-order valence-electron chi connectivity index (χ3n) is 10.2. The van der Waals surface area contributed by atoms with Gasteiger partial charge >= 0.3 is 5.97 Å². The highest BCUT2D eigenvalue weighted by Crippen LogP contribution is 2.68. The molecule has 0 saturated heterocycles. The molecule has 2 N–H and O–H groups in total. The highest BCUT2D eigenvalue weighted by Gasteiger charge is 2.65. The lowest BCUT2D eigenvalue weighted by Gasteiger charge is -2.62. The second-order valence-corrected chi connectivity index (χ2v) is 11.1. The number of Topliss-reactive ketones (excluding diaryl/α,β-unsaturated/α-hetero) is 1. The lowest BCUT2D eigenvalue weighted by Crippen LogP contribution is -2.60. The maximum absolute atomic E-state index is 13.8. The van der Waals surface area contributed by atoms with Crippen molar-refractivity contribution in [1.82, 2.24) is 0 Å². The standard InChI is InChI=1S/C24H38O4/c1-5-15-19-12-14(25)8-10-24(19,4)18-9-11-23(3)16(13(2)22(27)28)6-7-17(23)20(18)21(15)26/h13-20,25H,5-12H2,1-4H3,(H,27,28)/t13-,14+,15+,16+,17-,18-,19-,20-,23+,24+/m0/s1.